The Labute approximate surface area is 225 Å². The number of nitrogens with zero attached hydrogens (tertiary/aromatic N) is 5. The molecule has 9 nitrogen and oxygen atoms in total. The lowest BCUT2D eigenvalue weighted by molar-refractivity contribution is -0.136. The van der Waals surface area contributed by atoms with Gasteiger partial charge in [0, 0.05) is 47.3 Å². The van der Waals surface area contributed by atoms with Gasteiger partial charge in [0.2, 0.25) is 5.88 Å². The third kappa shape index (κ3) is 4.20. The van der Waals surface area contributed by atoms with Crippen LogP contribution in [0.1, 0.15) is 36.1 Å². The zero-order chi connectivity index (χ0) is 26.6. The molecule has 2 saturated heterocycles. The minimum Gasteiger partial charge on any atom is -0.478 e. The van der Waals surface area contributed by atoms with Crippen molar-refractivity contribution in [2.24, 2.45) is 10.4 Å². The summed E-state index contributed by atoms with van der Waals surface area (Å²) in [6.45, 7) is 5.62. The Morgan fingerprint density at radius 1 is 1.15 bits per heavy atom. The standard InChI is InChI=1S/C29H29FN6O3/c1-29(17-38-18-29)16-34-15-20(14-31-34)23-13-24-35(11-6-12-39-24)36(23)27-28(37)33-26-21(9-5-10-22(26)30)25(32-27)19-7-3-2-4-8-19/h2-5,7-10,13-15,23,27H,6,11-12,16-18H2,1H3,(H,33,37)/t23?,27-/m0/s1. The number of amides is 1. The topological polar surface area (TPSA) is 84.2 Å². The lowest BCUT2D eigenvalue weighted by Gasteiger charge is -2.39. The second-order valence-corrected chi connectivity index (χ2v) is 10.8. The Morgan fingerprint density at radius 2 is 2.00 bits per heavy atom. The molecule has 10 heteroatoms. The van der Waals surface area contributed by atoms with Crippen LogP contribution in [0.5, 0.6) is 0 Å². The first-order chi connectivity index (χ1) is 19.0. The number of ether oxygens (including phenoxy) is 2. The molecule has 1 N–H and O–H groups in total. The summed E-state index contributed by atoms with van der Waals surface area (Å²) in [5.41, 5.74) is 3.00. The molecule has 4 aliphatic heterocycles. The average molecular weight is 529 g/mol. The molecule has 1 aromatic heterocycles. The summed E-state index contributed by atoms with van der Waals surface area (Å²) in [5, 5.41) is 11.4. The van der Waals surface area contributed by atoms with Gasteiger partial charge in [-0.2, -0.15) is 10.1 Å². The molecule has 200 valence electrons. The van der Waals surface area contributed by atoms with Crippen LogP contribution in [-0.2, 0) is 20.8 Å². The molecule has 7 rings (SSSR count). The number of anilines is 1. The molecular formula is C29H29FN6O3. The number of para-hydroxylation sites is 1. The van der Waals surface area contributed by atoms with Crippen molar-refractivity contribution in [2.45, 2.75) is 32.1 Å². The van der Waals surface area contributed by atoms with Gasteiger partial charge in [-0.1, -0.05) is 49.4 Å². The van der Waals surface area contributed by atoms with Crippen LogP contribution in [0.4, 0.5) is 10.1 Å². The van der Waals surface area contributed by atoms with Crippen molar-refractivity contribution in [3.8, 4) is 0 Å². The zero-order valence-corrected chi connectivity index (χ0v) is 21.6. The van der Waals surface area contributed by atoms with Crippen LogP contribution in [0.25, 0.3) is 0 Å². The Hall–Kier alpha value is -4.02. The normalized spacial score (nSPS) is 23.9. The largest absolute Gasteiger partial charge is 0.478 e. The summed E-state index contributed by atoms with van der Waals surface area (Å²) >= 11 is 0. The van der Waals surface area contributed by atoms with Crippen LogP contribution < -0.4 is 5.32 Å². The number of fused-ring (bicyclic) bond motifs is 2. The first-order valence-corrected chi connectivity index (χ1v) is 13.2. The highest BCUT2D eigenvalue weighted by Gasteiger charge is 2.45. The summed E-state index contributed by atoms with van der Waals surface area (Å²) in [5.74, 6) is -0.224. The van der Waals surface area contributed by atoms with Crippen molar-refractivity contribution >= 4 is 17.3 Å². The maximum absolute atomic E-state index is 15.1. The maximum Gasteiger partial charge on any atom is 0.265 e. The van der Waals surface area contributed by atoms with Gasteiger partial charge in [-0.05, 0) is 6.07 Å². The maximum atomic E-state index is 15.1. The van der Waals surface area contributed by atoms with Gasteiger partial charge in [0.1, 0.15) is 5.82 Å². The molecule has 39 heavy (non-hydrogen) atoms. The molecule has 3 aromatic rings. The van der Waals surface area contributed by atoms with E-state index in [4.69, 9.17) is 14.5 Å². The Kier molecular flexibility index (Phi) is 5.75. The molecule has 0 aliphatic carbocycles. The van der Waals surface area contributed by atoms with Crippen LogP contribution in [0, 0.1) is 11.2 Å². The van der Waals surface area contributed by atoms with E-state index in [0.29, 0.717) is 43.5 Å². The highest BCUT2D eigenvalue weighted by atomic mass is 19.1. The van der Waals surface area contributed by atoms with E-state index in [0.717, 1.165) is 24.1 Å². The lowest BCUT2D eigenvalue weighted by atomic mass is 9.89. The molecular weight excluding hydrogens is 499 g/mol. The van der Waals surface area contributed by atoms with E-state index < -0.39 is 17.9 Å². The zero-order valence-electron chi connectivity index (χ0n) is 21.6. The molecule has 2 aromatic carbocycles. The van der Waals surface area contributed by atoms with Crippen molar-refractivity contribution in [2.75, 3.05) is 31.7 Å². The van der Waals surface area contributed by atoms with Gasteiger partial charge in [-0.3, -0.25) is 19.5 Å². The minimum atomic E-state index is -0.978. The van der Waals surface area contributed by atoms with Crippen molar-refractivity contribution < 1.29 is 18.7 Å². The van der Waals surface area contributed by atoms with E-state index >= 15 is 4.39 Å². The third-order valence-corrected chi connectivity index (χ3v) is 7.62. The number of nitrogens with one attached hydrogen (secondary N) is 1. The summed E-state index contributed by atoms with van der Waals surface area (Å²) in [4.78, 5) is 18.9. The molecule has 0 spiro atoms. The SMILES string of the molecule is CC1(Cn2cc(C3C=C4OCCCN4N3[C@@H]3N=C(c4ccccc4)c4cccc(F)c4NC3=O)cn2)COC1. The number of carbonyl (C=O) groups excluding carboxylic acids is 1. The van der Waals surface area contributed by atoms with E-state index in [1.165, 1.54) is 6.07 Å². The first-order valence-electron chi connectivity index (χ1n) is 13.2. The second-order valence-electron chi connectivity index (χ2n) is 10.8. The van der Waals surface area contributed by atoms with Gasteiger partial charge in [-0.15, -0.1) is 0 Å². The molecule has 2 fully saturated rings. The highest BCUT2D eigenvalue weighted by molar-refractivity contribution is 6.19. The fourth-order valence-electron chi connectivity index (χ4n) is 5.68. The molecule has 0 radical (unpaired) electrons. The molecule has 5 heterocycles. The van der Waals surface area contributed by atoms with E-state index in [1.807, 2.05) is 63.5 Å². The van der Waals surface area contributed by atoms with Crippen LogP contribution in [0.2, 0.25) is 0 Å². The number of aliphatic imine (C=N–C) groups is 1. The van der Waals surface area contributed by atoms with E-state index in [9.17, 15) is 4.79 Å². The van der Waals surface area contributed by atoms with Crippen molar-refractivity contribution in [1.82, 2.24) is 19.8 Å². The monoisotopic (exact) mass is 528 g/mol. The van der Waals surface area contributed by atoms with Gasteiger partial charge in [-0.25, -0.2) is 4.39 Å². The van der Waals surface area contributed by atoms with Crippen LogP contribution in [-0.4, -0.2) is 63.9 Å². The predicted octanol–water partition coefficient (Wildman–Crippen LogP) is 3.71. The summed E-state index contributed by atoms with van der Waals surface area (Å²) < 4.78 is 28.4. The van der Waals surface area contributed by atoms with Gasteiger partial charge >= 0.3 is 0 Å². The van der Waals surface area contributed by atoms with Crippen LogP contribution in [0.15, 0.2) is 77.9 Å². The molecule has 1 unspecified atom stereocenters. The third-order valence-electron chi connectivity index (χ3n) is 7.62. The number of halogens is 1. The smallest absolute Gasteiger partial charge is 0.265 e. The number of hydrazine groups is 1. The Bertz CT molecular complexity index is 1480. The van der Waals surface area contributed by atoms with E-state index in [1.54, 1.807) is 12.1 Å². The van der Waals surface area contributed by atoms with Crippen molar-refractivity contribution in [1.29, 1.82) is 0 Å². The van der Waals surface area contributed by atoms with Crippen LogP contribution >= 0.6 is 0 Å². The fourth-order valence-corrected chi connectivity index (χ4v) is 5.68. The molecule has 0 saturated carbocycles. The summed E-state index contributed by atoms with van der Waals surface area (Å²) in [7, 11) is 0. The second kappa shape index (κ2) is 9.32. The number of benzene rings is 2. The number of aromatic nitrogens is 2. The number of carbonyl (C=O) groups is 1. The average Bonchev–Trinajstić information content (AvgIpc) is 3.51. The number of hydrogen-bond acceptors (Lipinski definition) is 7. The molecule has 4 aliphatic rings. The van der Waals surface area contributed by atoms with Gasteiger partial charge < -0.3 is 14.8 Å². The predicted molar refractivity (Wildman–Crippen MR) is 142 cm³/mol. The Balaban J connectivity index is 1.31. The van der Waals surface area contributed by atoms with E-state index in [2.05, 4.69) is 17.3 Å². The Morgan fingerprint density at radius 3 is 2.79 bits per heavy atom. The summed E-state index contributed by atoms with van der Waals surface area (Å²) in [6.07, 6.45) is 5.69. The number of rotatable bonds is 5. The molecule has 1 amide bonds. The number of hydrogen-bond donors (Lipinski definition) is 1. The van der Waals surface area contributed by atoms with Gasteiger partial charge in [0.15, 0.2) is 6.17 Å². The van der Waals surface area contributed by atoms with Gasteiger partial charge in [0.05, 0.1) is 50.0 Å². The van der Waals surface area contributed by atoms with Crippen molar-refractivity contribution in [3.05, 3.63) is 95.4 Å². The quantitative estimate of drug-likeness (QED) is 0.544. The molecule has 0 bridgehead atoms. The highest BCUT2D eigenvalue weighted by Crippen LogP contribution is 2.40. The van der Waals surface area contributed by atoms with Crippen molar-refractivity contribution in [3.63, 3.8) is 0 Å². The van der Waals surface area contributed by atoms with Crippen LogP contribution in [0.3, 0.4) is 0 Å². The first kappa shape index (κ1) is 24.1. The fraction of sp³-hybridized carbons (Fsp3) is 0.345. The summed E-state index contributed by atoms with van der Waals surface area (Å²) in [6, 6.07) is 14.0. The van der Waals surface area contributed by atoms with Gasteiger partial charge in [0.25, 0.3) is 5.91 Å². The van der Waals surface area contributed by atoms with E-state index in [-0.39, 0.29) is 17.1 Å². The lowest BCUT2D eigenvalue weighted by Crippen LogP contribution is -2.52. The molecule has 2 atom stereocenters. The number of benzodiazepines with no additional fused rings is 1. The minimum absolute atomic E-state index is 0.0591.